The summed E-state index contributed by atoms with van der Waals surface area (Å²) in [7, 11) is 0. The number of rotatable bonds is 5. The lowest BCUT2D eigenvalue weighted by atomic mass is 10.1. The molecule has 0 spiro atoms. The standard InChI is InChI=1S/C15H22FN3O/c1-2-14(15(17)20)19-9-7-18(8-10-19)11-12-5-3-4-6-13(12)16/h3-6,14H,2,7-11H2,1H3,(H2,17,20)/t14-/m0/s1. The van der Waals surface area contributed by atoms with Crippen molar-refractivity contribution in [3.8, 4) is 0 Å². The van der Waals surface area contributed by atoms with E-state index in [9.17, 15) is 9.18 Å². The molecule has 0 bridgehead atoms. The smallest absolute Gasteiger partial charge is 0.234 e. The first-order valence-electron chi connectivity index (χ1n) is 7.11. The number of primary amides is 1. The normalized spacial score (nSPS) is 18.9. The van der Waals surface area contributed by atoms with Gasteiger partial charge in [0.2, 0.25) is 5.91 Å². The van der Waals surface area contributed by atoms with Crippen LogP contribution in [0.15, 0.2) is 24.3 Å². The minimum Gasteiger partial charge on any atom is -0.368 e. The monoisotopic (exact) mass is 279 g/mol. The van der Waals surface area contributed by atoms with Crippen LogP contribution >= 0.6 is 0 Å². The van der Waals surface area contributed by atoms with Gasteiger partial charge in [-0.05, 0) is 12.5 Å². The number of piperazine rings is 1. The molecule has 0 radical (unpaired) electrons. The summed E-state index contributed by atoms with van der Waals surface area (Å²) in [6.07, 6.45) is 0.739. The first-order chi connectivity index (χ1) is 9.61. The predicted molar refractivity (Wildman–Crippen MR) is 76.5 cm³/mol. The molecule has 4 nitrogen and oxygen atoms in total. The fourth-order valence-corrected chi connectivity index (χ4v) is 2.74. The SMILES string of the molecule is CC[C@@H](C(N)=O)N1CCN(Cc2ccccc2F)CC1. The zero-order chi connectivity index (χ0) is 14.5. The average molecular weight is 279 g/mol. The molecule has 2 rings (SSSR count). The summed E-state index contributed by atoms with van der Waals surface area (Å²) in [5, 5.41) is 0. The molecule has 1 amide bonds. The van der Waals surface area contributed by atoms with E-state index in [2.05, 4.69) is 9.80 Å². The lowest BCUT2D eigenvalue weighted by Crippen LogP contribution is -2.53. The summed E-state index contributed by atoms with van der Waals surface area (Å²) < 4.78 is 13.6. The van der Waals surface area contributed by atoms with Gasteiger partial charge in [-0.1, -0.05) is 25.1 Å². The molecule has 20 heavy (non-hydrogen) atoms. The molecule has 110 valence electrons. The van der Waals surface area contributed by atoms with E-state index in [0.717, 1.165) is 38.2 Å². The molecule has 1 aromatic carbocycles. The van der Waals surface area contributed by atoms with Gasteiger partial charge in [0.15, 0.2) is 0 Å². The number of halogens is 1. The summed E-state index contributed by atoms with van der Waals surface area (Å²) in [5.41, 5.74) is 6.14. The maximum absolute atomic E-state index is 13.6. The minimum atomic E-state index is -0.255. The van der Waals surface area contributed by atoms with Gasteiger partial charge < -0.3 is 5.73 Å². The van der Waals surface area contributed by atoms with Crippen LogP contribution in [-0.2, 0) is 11.3 Å². The maximum Gasteiger partial charge on any atom is 0.234 e. The Morgan fingerprint density at radius 1 is 1.30 bits per heavy atom. The Kier molecular flexibility index (Phi) is 5.09. The maximum atomic E-state index is 13.6. The van der Waals surface area contributed by atoms with Gasteiger partial charge in [-0.25, -0.2) is 4.39 Å². The van der Waals surface area contributed by atoms with E-state index < -0.39 is 0 Å². The third kappa shape index (κ3) is 3.55. The van der Waals surface area contributed by atoms with E-state index in [1.165, 1.54) is 6.07 Å². The van der Waals surface area contributed by atoms with E-state index in [0.29, 0.717) is 6.54 Å². The van der Waals surface area contributed by atoms with Crippen molar-refractivity contribution in [2.75, 3.05) is 26.2 Å². The highest BCUT2D eigenvalue weighted by atomic mass is 19.1. The van der Waals surface area contributed by atoms with E-state index >= 15 is 0 Å². The van der Waals surface area contributed by atoms with Gasteiger partial charge in [0.25, 0.3) is 0 Å². The lowest BCUT2D eigenvalue weighted by molar-refractivity contribution is -0.124. The number of nitrogens with zero attached hydrogens (tertiary/aromatic N) is 2. The van der Waals surface area contributed by atoms with Crippen LogP contribution < -0.4 is 5.73 Å². The second-order valence-corrected chi connectivity index (χ2v) is 5.23. The summed E-state index contributed by atoms with van der Waals surface area (Å²) in [6.45, 7) is 5.86. The average Bonchev–Trinajstić information content (AvgIpc) is 2.43. The fourth-order valence-electron chi connectivity index (χ4n) is 2.74. The van der Waals surface area contributed by atoms with Crippen molar-refractivity contribution in [1.82, 2.24) is 9.80 Å². The Hall–Kier alpha value is -1.46. The third-order valence-corrected chi connectivity index (χ3v) is 3.91. The molecular weight excluding hydrogens is 257 g/mol. The van der Waals surface area contributed by atoms with Crippen LogP contribution in [-0.4, -0.2) is 47.9 Å². The Morgan fingerprint density at radius 3 is 2.50 bits per heavy atom. The number of benzene rings is 1. The molecule has 0 aromatic heterocycles. The van der Waals surface area contributed by atoms with Crippen LogP contribution in [0.3, 0.4) is 0 Å². The molecule has 0 unspecified atom stereocenters. The number of carbonyl (C=O) groups is 1. The topological polar surface area (TPSA) is 49.6 Å². The van der Waals surface area contributed by atoms with Gasteiger partial charge in [-0.15, -0.1) is 0 Å². The van der Waals surface area contributed by atoms with E-state index in [-0.39, 0.29) is 17.8 Å². The Balaban J connectivity index is 1.88. The van der Waals surface area contributed by atoms with Crippen molar-refractivity contribution >= 4 is 5.91 Å². The van der Waals surface area contributed by atoms with Crippen molar-refractivity contribution in [2.45, 2.75) is 25.9 Å². The van der Waals surface area contributed by atoms with Gasteiger partial charge in [-0.2, -0.15) is 0 Å². The zero-order valence-corrected chi connectivity index (χ0v) is 11.9. The molecule has 1 aliphatic heterocycles. The second-order valence-electron chi connectivity index (χ2n) is 5.23. The largest absolute Gasteiger partial charge is 0.368 e. The molecule has 1 aliphatic rings. The summed E-state index contributed by atoms with van der Waals surface area (Å²) in [5.74, 6) is -0.409. The number of hydrogen-bond acceptors (Lipinski definition) is 3. The molecule has 1 atom stereocenters. The van der Waals surface area contributed by atoms with Crippen LogP contribution in [0.4, 0.5) is 4.39 Å². The highest BCUT2D eigenvalue weighted by molar-refractivity contribution is 5.79. The Morgan fingerprint density at radius 2 is 1.95 bits per heavy atom. The molecule has 1 fully saturated rings. The molecule has 5 heteroatoms. The van der Waals surface area contributed by atoms with Crippen molar-refractivity contribution in [1.29, 1.82) is 0 Å². The fraction of sp³-hybridized carbons (Fsp3) is 0.533. The number of carbonyl (C=O) groups excluding carboxylic acids is 1. The summed E-state index contributed by atoms with van der Waals surface area (Å²) in [4.78, 5) is 15.7. The van der Waals surface area contributed by atoms with Gasteiger partial charge in [0.1, 0.15) is 5.82 Å². The number of amides is 1. The molecule has 1 aromatic rings. The molecule has 0 saturated carbocycles. The highest BCUT2D eigenvalue weighted by Gasteiger charge is 2.26. The van der Waals surface area contributed by atoms with E-state index in [4.69, 9.17) is 5.73 Å². The van der Waals surface area contributed by atoms with Crippen molar-refractivity contribution in [3.05, 3.63) is 35.6 Å². The van der Waals surface area contributed by atoms with Gasteiger partial charge in [0.05, 0.1) is 6.04 Å². The zero-order valence-electron chi connectivity index (χ0n) is 11.9. The lowest BCUT2D eigenvalue weighted by Gasteiger charge is -2.37. The van der Waals surface area contributed by atoms with Crippen molar-refractivity contribution < 1.29 is 9.18 Å². The van der Waals surface area contributed by atoms with Crippen LogP contribution in [0, 0.1) is 5.82 Å². The Labute approximate surface area is 119 Å². The van der Waals surface area contributed by atoms with Crippen LogP contribution in [0.2, 0.25) is 0 Å². The Bertz CT molecular complexity index is 458. The molecule has 2 N–H and O–H groups in total. The van der Waals surface area contributed by atoms with Crippen LogP contribution in [0.25, 0.3) is 0 Å². The molecule has 1 saturated heterocycles. The van der Waals surface area contributed by atoms with Gasteiger partial charge in [0, 0.05) is 38.3 Å². The van der Waals surface area contributed by atoms with Crippen molar-refractivity contribution in [2.24, 2.45) is 5.73 Å². The first kappa shape index (κ1) is 14.9. The summed E-state index contributed by atoms with van der Waals surface area (Å²) >= 11 is 0. The van der Waals surface area contributed by atoms with Gasteiger partial charge >= 0.3 is 0 Å². The van der Waals surface area contributed by atoms with Crippen LogP contribution in [0.1, 0.15) is 18.9 Å². The molecule has 1 heterocycles. The van der Waals surface area contributed by atoms with E-state index in [1.807, 2.05) is 19.1 Å². The first-order valence-corrected chi connectivity index (χ1v) is 7.11. The predicted octanol–water partition coefficient (Wildman–Crippen LogP) is 1.21. The quantitative estimate of drug-likeness (QED) is 0.881. The molecule has 0 aliphatic carbocycles. The van der Waals surface area contributed by atoms with E-state index in [1.54, 1.807) is 6.07 Å². The third-order valence-electron chi connectivity index (χ3n) is 3.91. The van der Waals surface area contributed by atoms with Crippen molar-refractivity contribution in [3.63, 3.8) is 0 Å². The van der Waals surface area contributed by atoms with Crippen LogP contribution in [0.5, 0.6) is 0 Å². The molecular formula is C15H22FN3O. The highest BCUT2D eigenvalue weighted by Crippen LogP contribution is 2.14. The number of nitrogens with two attached hydrogens (primary N) is 1. The minimum absolute atomic E-state index is 0.154. The summed E-state index contributed by atoms with van der Waals surface area (Å²) in [6, 6.07) is 6.70. The number of hydrogen-bond donors (Lipinski definition) is 1. The van der Waals surface area contributed by atoms with Gasteiger partial charge in [-0.3, -0.25) is 14.6 Å². The second kappa shape index (κ2) is 6.81.